The van der Waals surface area contributed by atoms with Gasteiger partial charge in [-0.1, -0.05) is 90.4 Å². The molecule has 0 aliphatic carbocycles. The fraction of sp³-hybridized carbons (Fsp3) is 0.952. The van der Waals surface area contributed by atoms with Crippen molar-refractivity contribution in [3.63, 3.8) is 0 Å². The molecule has 1 heterocycles. The van der Waals surface area contributed by atoms with E-state index in [1.807, 2.05) is 0 Å². The molecule has 178 valence electrons. The van der Waals surface area contributed by atoms with E-state index in [1.165, 1.54) is 64.2 Å². The van der Waals surface area contributed by atoms with Gasteiger partial charge in [0.05, 0.1) is 11.5 Å². The Balaban J connectivity index is 2.02. The molecule has 0 radical (unpaired) electrons. The lowest BCUT2D eigenvalue weighted by molar-refractivity contribution is -0.147. The number of sulfone groups is 1. The molecule has 1 N–H and O–H groups in total. The summed E-state index contributed by atoms with van der Waals surface area (Å²) in [5.74, 6) is -1.87. The number of hydrogen-bond donors (Lipinski definition) is 1. The van der Waals surface area contributed by atoms with Crippen molar-refractivity contribution in [2.75, 3.05) is 11.5 Å². The first kappa shape index (κ1) is 27.4. The summed E-state index contributed by atoms with van der Waals surface area (Å²) in [5, 5.41) is -1.58. The summed E-state index contributed by atoms with van der Waals surface area (Å²) < 4.78 is 60.0. The number of hydrogen-bond acceptors (Lipinski definition) is 6. The summed E-state index contributed by atoms with van der Waals surface area (Å²) in [4.78, 5) is 11.9. The van der Waals surface area contributed by atoms with Gasteiger partial charge in [0, 0.05) is 6.42 Å². The largest absolute Gasteiger partial charge is 0.460 e. The van der Waals surface area contributed by atoms with Crippen LogP contribution in [0.2, 0.25) is 0 Å². The molecule has 0 bridgehead atoms. The van der Waals surface area contributed by atoms with Crippen LogP contribution in [-0.4, -0.2) is 50.2 Å². The van der Waals surface area contributed by atoms with E-state index in [2.05, 4.69) is 6.92 Å². The van der Waals surface area contributed by atoms with Crippen LogP contribution < -0.4 is 0 Å². The van der Waals surface area contributed by atoms with Crippen molar-refractivity contribution in [2.45, 2.75) is 115 Å². The Bertz CT molecular complexity index is 686. The number of rotatable bonds is 17. The average molecular weight is 469 g/mol. The van der Waals surface area contributed by atoms with Gasteiger partial charge in [-0.25, -0.2) is 8.42 Å². The summed E-state index contributed by atoms with van der Waals surface area (Å²) in [6, 6.07) is 0. The Kier molecular flexibility index (Phi) is 13.1. The Labute approximate surface area is 183 Å². The van der Waals surface area contributed by atoms with Crippen LogP contribution in [0.1, 0.15) is 103 Å². The van der Waals surface area contributed by atoms with E-state index in [4.69, 9.17) is 9.29 Å². The SMILES string of the molecule is CCCCCCCCCCCCCCCCC(=O)O[C@H]1CS(=O)(=O)C[C@H]1S(=O)(=O)O. The highest BCUT2D eigenvalue weighted by Gasteiger charge is 2.47. The van der Waals surface area contributed by atoms with Crippen LogP contribution >= 0.6 is 0 Å². The van der Waals surface area contributed by atoms with E-state index in [0.29, 0.717) is 6.42 Å². The second-order valence-electron chi connectivity index (χ2n) is 8.50. The molecule has 1 saturated heterocycles. The first-order valence-electron chi connectivity index (χ1n) is 11.5. The van der Waals surface area contributed by atoms with Gasteiger partial charge >= 0.3 is 5.97 Å². The van der Waals surface area contributed by atoms with Crippen molar-refractivity contribution in [1.82, 2.24) is 0 Å². The molecular weight excluding hydrogens is 428 g/mol. The Morgan fingerprint density at radius 3 is 1.70 bits per heavy atom. The number of esters is 1. The minimum absolute atomic E-state index is 0.132. The average Bonchev–Trinajstić information content (AvgIpc) is 2.96. The van der Waals surface area contributed by atoms with E-state index >= 15 is 0 Å². The second kappa shape index (κ2) is 14.4. The zero-order valence-corrected chi connectivity index (χ0v) is 20.0. The molecule has 0 unspecified atom stereocenters. The van der Waals surface area contributed by atoms with Gasteiger partial charge in [-0.2, -0.15) is 8.42 Å². The van der Waals surface area contributed by atoms with Crippen molar-refractivity contribution in [2.24, 2.45) is 0 Å². The smallest absolute Gasteiger partial charge is 0.306 e. The second-order valence-corrected chi connectivity index (χ2v) is 12.3. The third kappa shape index (κ3) is 12.2. The van der Waals surface area contributed by atoms with Crippen molar-refractivity contribution >= 4 is 25.9 Å². The quantitative estimate of drug-likeness (QED) is 0.190. The molecule has 0 aromatic rings. The molecule has 30 heavy (non-hydrogen) atoms. The molecule has 0 amide bonds. The highest BCUT2D eigenvalue weighted by Crippen LogP contribution is 2.23. The third-order valence-electron chi connectivity index (χ3n) is 5.65. The highest BCUT2D eigenvalue weighted by atomic mass is 32.2. The van der Waals surface area contributed by atoms with Crippen molar-refractivity contribution < 1.29 is 30.9 Å². The van der Waals surface area contributed by atoms with Gasteiger partial charge in [0.1, 0.15) is 11.4 Å². The fourth-order valence-corrected chi connectivity index (χ4v) is 7.48. The first-order chi connectivity index (χ1) is 14.2. The highest BCUT2D eigenvalue weighted by molar-refractivity contribution is 7.94. The zero-order valence-electron chi connectivity index (χ0n) is 18.4. The van der Waals surface area contributed by atoms with Crippen LogP contribution in [0.15, 0.2) is 0 Å². The predicted molar refractivity (Wildman–Crippen MR) is 119 cm³/mol. The number of unbranched alkanes of at least 4 members (excludes halogenated alkanes) is 13. The van der Waals surface area contributed by atoms with Gasteiger partial charge < -0.3 is 4.74 Å². The van der Waals surface area contributed by atoms with Gasteiger partial charge in [-0.05, 0) is 6.42 Å². The van der Waals surface area contributed by atoms with Gasteiger partial charge in [0.2, 0.25) is 0 Å². The topological polar surface area (TPSA) is 115 Å². The van der Waals surface area contributed by atoms with E-state index in [1.54, 1.807) is 0 Å². The normalized spacial score (nSPS) is 21.0. The lowest BCUT2D eigenvalue weighted by Crippen LogP contribution is -2.36. The fourth-order valence-electron chi connectivity index (χ4n) is 3.86. The van der Waals surface area contributed by atoms with Crippen LogP contribution in [0.4, 0.5) is 0 Å². The van der Waals surface area contributed by atoms with Crippen LogP contribution in [0, 0.1) is 0 Å². The summed E-state index contributed by atoms with van der Waals surface area (Å²) in [5.41, 5.74) is 0. The van der Waals surface area contributed by atoms with Crippen molar-refractivity contribution in [3.8, 4) is 0 Å². The minimum Gasteiger partial charge on any atom is -0.460 e. The Morgan fingerprint density at radius 1 is 0.833 bits per heavy atom. The van der Waals surface area contributed by atoms with E-state index in [0.717, 1.165) is 19.3 Å². The molecule has 2 atom stereocenters. The predicted octanol–water partition coefficient (Wildman–Crippen LogP) is 4.45. The molecule has 1 aliphatic rings. The summed E-state index contributed by atoms with van der Waals surface area (Å²) in [6.07, 6.45) is 15.6. The molecular formula is C21H40O7S2. The molecule has 1 rings (SSSR count). The van der Waals surface area contributed by atoms with Crippen LogP contribution in [0.3, 0.4) is 0 Å². The molecule has 1 aliphatic heterocycles. The van der Waals surface area contributed by atoms with Gasteiger partial charge in [0.25, 0.3) is 10.1 Å². The minimum atomic E-state index is -4.57. The first-order valence-corrected chi connectivity index (χ1v) is 14.8. The summed E-state index contributed by atoms with van der Waals surface area (Å²) in [7, 11) is -8.21. The molecule has 1 fully saturated rings. The van der Waals surface area contributed by atoms with Gasteiger partial charge in [-0.3, -0.25) is 9.35 Å². The lowest BCUT2D eigenvalue weighted by Gasteiger charge is -2.16. The van der Waals surface area contributed by atoms with Crippen LogP contribution in [-0.2, 0) is 29.5 Å². The maximum atomic E-state index is 11.9. The summed E-state index contributed by atoms with van der Waals surface area (Å²) >= 11 is 0. The number of ether oxygens (including phenoxy) is 1. The number of carbonyl (C=O) groups is 1. The van der Waals surface area contributed by atoms with Crippen LogP contribution in [0.5, 0.6) is 0 Å². The van der Waals surface area contributed by atoms with Crippen molar-refractivity contribution in [3.05, 3.63) is 0 Å². The van der Waals surface area contributed by atoms with E-state index < -0.39 is 48.8 Å². The molecule has 0 spiro atoms. The molecule has 7 nitrogen and oxygen atoms in total. The van der Waals surface area contributed by atoms with Gasteiger partial charge in [-0.15, -0.1) is 0 Å². The third-order valence-corrected chi connectivity index (χ3v) is 8.80. The van der Waals surface area contributed by atoms with E-state index in [9.17, 15) is 21.6 Å². The molecule has 9 heteroatoms. The van der Waals surface area contributed by atoms with Gasteiger partial charge in [0.15, 0.2) is 9.84 Å². The Hall–Kier alpha value is -0.670. The zero-order chi connectivity index (χ0) is 22.5. The van der Waals surface area contributed by atoms with E-state index in [-0.39, 0.29) is 6.42 Å². The maximum Gasteiger partial charge on any atom is 0.306 e. The molecule has 0 aromatic heterocycles. The molecule has 0 aromatic carbocycles. The van der Waals surface area contributed by atoms with Crippen LogP contribution in [0.25, 0.3) is 0 Å². The maximum absolute atomic E-state index is 11.9. The monoisotopic (exact) mass is 468 g/mol. The standard InChI is InChI=1S/C21H40O7S2/c1-2-3-4-5-6-7-8-9-10-11-12-13-14-15-16-21(22)28-19-17-29(23,24)18-20(19)30(25,26)27/h19-20H,2-18H2,1H3,(H,25,26,27)/t19-,20+/m0/s1. The summed E-state index contributed by atoms with van der Waals surface area (Å²) in [6.45, 7) is 2.23. The lowest BCUT2D eigenvalue weighted by atomic mass is 10.0. The van der Waals surface area contributed by atoms with Crippen molar-refractivity contribution in [1.29, 1.82) is 0 Å². The number of carbonyl (C=O) groups excluding carboxylic acids is 1. The Morgan fingerprint density at radius 2 is 1.27 bits per heavy atom. The molecule has 0 saturated carbocycles.